The van der Waals surface area contributed by atoms with Crippen LogP contribution >= 0.6 is 0 Å². The summed E-state index contributed by atoms with van der Waals surface area (Å²) >= 11 is 0. The van der Waals surface area contributed by atoms with Crippen molar-refractivity contribution in [1.82, 2.24) is 5.32 Å². The van der Waals surface area contributed by atoms with Crippen molar-refractivity contribution in [1.29, 1.82) is 5.26 Å². The van der Waals surface area contributed by atoms with Gasteiger partial charge in [-0.2, -0.15) is 5.26 Å². The Bertz CT molecular complexity index is 554. The SMILES string of the molecule is CCOC(=O)NCC(C#N)(CC)c1ccc(OC)c(OC)c1. The first-order valence-corrected chi connectivity index (χ1v) is 7.11. The van der Waals surface area contributed by atoms with E-state index in [2.05, 4.69) is 11.4 Å². The lowest BCUT2D eigenvalue weighted by Gasteiger charge is -2.26. The van der Waals surface area contributed by atoms with Gasteiger partial charge >= 0.3 is 6.09 Å². The molecule has 120 valence electrons. The van der Waals surface area contributed by atoms with Crippen LogP contribution in [-0.2, 0) is 10.2 Å². The number of nitrogens with zero attached hydrogens (tertiary/aromatic N) is 1. The molecule has 6 nitrogen and oxygen atoms in total. The van der Waals surface area contributed by atoms with Crippen molar-refractivity contribution in [3.05, 3.63) is 23.8 Å². The number of carbonyl (C=O) groups excluding carboxylic acids is 1. The third kappa shape index (κ3) is 3.82. The van der Waals surface area contributed by atoms with E-state index in [1.165, 1.54) is 0 Å². The van der Waals surface area contributed by atoms with Gasteiger partial charge < -0.3 is 19.5 Å². The smallest absolute Gasteiger partial charge is 0.407 e. The fraction of sp³-hybridized carbons (Fsp3) is 0.500. The molecule has 6 heteroatoms. The van der Waals surface area contributed by atoms with Gasteiger partial charge in [-0.25, -0.2) is 4.79 Å². The van der Waals surface area contributed by atoms with Crippen LogP contribution in [0.3, 0.4) is 0 Å². The molecule has 1 amide bonds. The zero-order valence-corrected chi connectivity index (χ0v) is 13.4. The molecule has 0 heterocycles. The van der Waals surface area contributed by atoms with Gasteiger partial charge in [0.2, 0.25) is 0 Å². The molecular weight excluding hydrogens is 284 g/mol. The number of carbonyl (C=O) groups is 1. The van der Waals surface area contributed by atoms with E-state index in [1.54, 1.807) is 39.3 Å². The second kappa shape index (κ2) is 8.13. The molecular formula is C16H22N2O4. The Hall–Kier alpha value is -2.42. The summed E-state index contributed by atoms with van der Waals surface area (Å²) in [5.41, 5.74) is -0.0984. The lowest BCUT2D eigenvalue weighted by molar-refractivity contribution is 0.150. The van der Waals surface area contributed by atoms with Crippen molar-refractivity contribution in [2.24, 2.45) is 0 Å². The first kappa shape index (κ1) is 17.6. The molecule has 0 radical (unpaired) electrons. The predicted molar refractivity (Wildman–Crippen MR) is 82.2 cm³/mol. The maximum atomic E-state index is 11.5. The molecule has 0 spiro atoms. The van der Waals surface area contributed by atoms with Crippen LogP contribution in [0, 0.1) is 11.3 Å². The average Bonchev–Trinajstić information content (AvgIpc) is 2.56. The number of rotatable bonds is 7. The number of nitriles is 1. The molecule has 0 bridgehead atoms. The lowest BCUT2D eigenvalue weighted by Crippen LogP contribution is -2.39. The minimum Gasteiger partial charge on any atom is -0.493 e. The molecule has 0 saturated carbocycles. The van der Waals surface area contributed by atoms with E-state index in [0.29, 0.717) is 17.9 Å². The maximum absolute atomic E-state index is 11.5. The van der Waals surface area contributed by atoms with Crippen LogP contribution in [0.15, 0.2) is 18.2 Å². The monoisotopic (exact) mass is 306 g/mol. The van der Waals surface area contributed by atoms with E-state index >= 15 is 0 Å². The molecule has 22 heavy (non-hydrogen) atoms. The number of amides is 1. The number of benzene rings is 1. The fourth-order valence-electron chi connectivity index (χ4n) is 2.15. The van der Waals surface area contributed by atoms with Crippen LogP contribution in [0.4, 0.5) is 4.79 Å². The molecule has 0 aliphatic heterocycles. The van der Waals surface area contributed by atoms with Crippen LogP contribution < -0.4 is 14.8 Å². The van der Waals surface area contributed by atoms with Crippen molar-refractivity contribution in [2.45, 2.75) is 25.7 Å². The van der Waals surface area contributed by atoms with E-state index in [9.17, 15) is 10.1 Å². The average molecular weight is 306 g/mol. The summed E-state index contributed by atoms with van der Waals surface area (Å²) in [5, 5.41) is 12.3. The third-order valence-corrected chi connectivity index (χ3v) is 3.56. The van der Waals surface area contributed by atoms with Gasteiger partial charge in [-0.05, 0) is 31.0 Å². The summed E-state index contributed by atoms with van der Waals surface area (Å²) in [5.74, 6) is 1.14. The molecule has 1 unspecified atom stereocenters. The van der Waals surface area contributed by atoms with E-state index < -0.39 is 11.5 Å². The Morgan fingerprint density at radius 2 is 1.95 bits per heavy atom. The number of hydrogen-bond acceptors (Lipinski definition) is 5. The van der Waals surface area contributed by atoms with Crippen molar-refractivity contribution in [2.75, 3.05) is 27.4 Å². The molecule has 0 fully saturated rings. The summed E-state index contributed by atoms with van der Waals surface area (Å²) < 4.78 is 15.3. The molecule has 0 aromatic heterocycles. The van der Waals surface area contributed by atoms with Crippen LogP contribution in [0.25, 0.3) is 0 Å². The molecule has 1 aromatic carbocycles. The Morgan fingerprint density at radius 1 is 1.27 bits per heavy atom. The zero-order valence-electron chi connectivity index (χ0n) is 13.4. The van der Waals surface area contributed by atoms with Gasteiger partial charge in [-0.3, -0.25) is 0 Å². The van der Waals surface area contributed by atoms with Crippen molar-refractivity contribution in [3.8, 4) is 17.6 Å². The molecule has 1 atom stereocenters. The van der Waals surface area contributed by atoms with Crippen LogP contribution in [-0.4, -0.2) is 33.5 Å². The van der Waals surface area contributed by atoms with Crippen LogP contribution in [0.5, 0.6) is 11.5 Å². The molecule has 1 aromatic rings. The maximum Gasteiger partial charge on any atom is 0.407 e. The second-order valence-corrected chi connectivity index (χ2v) is 4.69. The third-order valence-electron chi connectivity index (χ3n) is 3.56. The van der Waals surface area contributed by atoms with Gasteiger partial charge in [-0.1, -0.05) is 13.0 Å². The largest absolute Gasteiger partial charge is 0.493 e. The van der Waals surface area contributed by atoms with Gasteiger partial charge in [0.25, 0.3) is 0 Å². The van der Waals surface area contributed by atoms with Gasteiger partial charge in [-0.15, -0.1) is 0 Å². The lowest BCUT2D eigenvalue weighted by atomic mass is 9.79. The van der Waals surface area contributed by atoms with Crippen molar-refractivity contribution < 1.29 is 19.0 Å². The van der Waals surface area contributed by atoms with Gasteiger partial charge in [0, 0.05) is 6.54 Å². The zero-order chi connectivity index (χ0) is 16.6. The highest BCUT2D eigenvalue weighted by molar-refractivity contribution is 5.67. The predicted octanol–water partition coefficient (Wildman–Crippen LogP) is 2.62. The summed E-state index contributed by atoms with van der Waals surface area (Å²) in [4.78, 5) is 11.5. The molecule has 0 aliphatic carbocycles. The minimum absolute atomic E-state index is 0.161. The first-order chi connectivity index (χ1) is 10.6. The van der Waals surface area contributed by atoms with E-state index in [1.807, 2.05) is 6.92 Å². The normalized spacial score (nSPS) is 12.7. The van der Waals surface area contributed by atoms with E-state index in [4.69, 9.17) is 14.2 Å². The molecule has 1 N–H and O–H groups in total. The first-order valence-electron chi connectivity index (χ1n) is 7.11. The highest BCUT2D eigenvalue weighted by Crippen LogP contribution is 2.34. The molecule has 1 rings (SSSR count). The van der Waals surface area contributed by atoms with Crippen molar-refractivity contribution >= 4 is 6.09 Å². The number of ether oxygens (including phenoxy) is 3. The standard InChI is InChI=1S/C16H22N2O4/c1-5-16(10-17,11-18-15(19)22-6-2)12-7-8-13(20-3)14(9-12)21-4/h7-9H,5-6,11H2,1-4H3,(H,18,19). The van der Waals surface area contributed by atoms with Gasteiger partial charge in [0.05, 0.1) is 32.3 Å². The second-order valence-electron chi connectivity index (χ2n) is 4.69. The Kier molecular flexibility index (Phi) is 6.51. The Morgan fingerprint density at radius 3 is 2.45 bits per heavy atom. The van der Waals surface area contributed by atoms with E-state index in [0.717, 1.165) is 5.56 Å². The highest BCUT2D eigenvalue weighted by Gasteiger charge is 2.32. The summed E-state index contributed by atoms with van der Waals surface area (Å²) in [6.07, 6.45) is 0.00169. The summed E-state index contributed by atoms with van der Waals surface area (Å²) in [7, 11) is 3.09. The number of nitrogens with one attached hydrogen (secondary N) is 1. The fourth-order valence-corrected chi connectivity index (χ4v) is 2.15. The van der Waals surface area contributed by atoms with Crippen molar-refractivity contribution in [3.63, 3.8) is 0 Å². The quantitative estimate of drug-likeness (QED) is 0.837. The highest BCUT2D eigenvalue weighted by atomic mass is 16.5. The van der Waals surface area contributed by atoms with E-state index in [-0.39, 0.29) is 13.2 Å². The van der Waals surface area contributed by atoms with Gasteiger partial charge in [0.1, 0.15) is 0 Å². The topological polar surface area (TPSA) is 80.6 Å². The molecule has 0 aliphatic rings. The summed E-state index contributed by atoms with van der Waals surface area (Å²) in [6, 6.07) is 7.62. The number of alkyl carbamates (subject to hydrolysis) is 1. The summed E-state index contributed by atoms with van der Waals surface area (Å²) in [6.45, 7) is 4.07. The number of hydrogen-bond donors (Lipinski definition) is 1. The number of methoxy groups -OCH3 is 2. The Balaban J connectivity index is 3.09. The van der Waals surface area contributed by atoms with Crippen LogP contribution in [0.1, 0.15) is 25.8 Å². The van der Waals surface area contributed by atoms with Crippen LogP contribution in [0.2, 0.25) is 0 Å². The van der Waals surface area contributed by atoms with Gasteiger partial charge in [0.15, 0.2) is 11.5 Å². The Labute approximate surface area is 131 Å². The molecule has 0 saturated heterocycles. The minimum atomic E-state index is -0.855.